The summed E-state index contributed by atoms with van der Waals surface area (Å²) >= 11 is 0. The van der Waals surface area contributed by atoms with Crippen molar-refractivity contribution in [1.29, 1.82) is 0 Å². The lowest BCUT2D eigenvalue weighted by atomic mass is 10.0. The van der Waals surface area contributed by atoms with Crippen LogP contribution < -0.4 is 14.8 Å². The van der Waals surface area contributed by atoms with Gasteiger partial charge in [0, 0.05) is 13.2 Å². The number of rotatable bonds is 8. The van der Waals surface area contributed by atoms with Crippen molar-refractivity contribution >= 4 is 33.2 Å². The average molecular weight is 565 g/mol. The Hall–Kier alpha value is -3.56. The van der Waals surface area contributed by atoms with Gasteiger partial charge in [0.05, 0.1) is 42.3 Å². The van der Waals surface area contributed by atoms with E-state index in [0.717, 1.165) is 11.2 Å². The molecular formula is C25H28N2O11S. The quantitative estimate of drug-likeness (QED) is 0.312. The second kappa shape index (κ2) is 10.9. The first kappa shape index (κ1) is 28.4. The van der Waals surface area contributed by atoms with Crippen LogP contribution in [0.2, 0.25) is 0 Å². The summed E-state index contributed by atoms with van der Waals surface area (Å²) in [5, 5.41) is 32.5. The number of anilines is 1. The summed E-state index contributed by atoms with van der Waals surface area (Å²) in [4.78, 5) is 39.4. The standard InChI is InChI=1S/C25H28N2O11S/c1-12(28)26-15-6-4-5-14-20(15)24(33)27(23(14)32)16(11-39(3,34)35)13-7-8-18(36-2)19(9-13)38-25-22(31)21(30)17(29)10-37-25/h4-9,16-17,21-22,25,29-31H,10-11H2,1-3H3,(H,26,28)/t16-,17-,21+,22-,25?/m1/s1. The number of benzene rings is 2. The van der Waals surface area contributed by atoms with Gasteiger partial charge in [-0.15, -0.1) is 0 Å². The maximum Gasteiger partial charge on any atom is 0.264 e. The highest BCUT2D eigenvalue weighted by atomic mass is 32.2. The molecule has 2 heterocycles. The summed E-state index contributed by atoms with van der Waals surface area (Å²) in [5.74, 6) is -2.55. The van der Waals surface area contributed by atoms with Gasteiger partial charge in [-0.3, -0.25) is 19.3 Å². The molecule has 4 rings (SSSR count). The van der Waals surface area contributed by atoms with Crippen molar-refractivity contribution in [2.45, 2.75) is 37.6 Å². The Morgan fingerprint density at radius 3 is 2.49 bits per heavy atom. The van der Waals surface area contributed by atoms with Crippen LogP contribution in [0.25, 0.3) is 0 Å². The third-order valence-corrected chi connectivity index (χ3v) is 7.22. The first-order valence-electron chi connectivity index (χ1n) is 11.8. The van der Waals surface area contributed by atoms with Gasteiger partial charge >= 0.3 is 0 Å². The molecule has 14 heteroatoms. The molecule has 2 aliphatic heterocycles. The highest BCUT2D eigenvalue weighted by molar-refractivity contribution is 7.90. The normalized spacial score (nSPS) is 23.8. The van der Waals surface area contributed by atoms with Gasteiger partial charge in [-0.25, -0.2) is 8.42 Å². The minimum atomic E-state index is -3.76. The number of carbonyl (C=O) groups excluding carboxylic acids is 3. The third kappa shape index (κ3) is 5.74. The number of aliphatic hydroxyl groups excluding tert-OH is 3. The molecule has 1 fully saturated rings. The fourth-order valence-corrected chi connectivity index (χ4v) is 5.40. The molecule has 2 aliphatic rings. The minimum absolute atomic E-state index is 0.000935. The Labute approximate surface area is 223 Å². The fraction of sp³-hybridized carbons (Fsp3) is 0.400. The smallest absolute Gasteiger partial charge is 0.264 e. The number of nitrogens with zero attached hydrogens (tertiary/aromatic N) is 1. The lowest BCUT2D eigenvalue weighted by Gasteiger charge is -2.35. The summed E-state index contributed by atoms with van der Waals surface area (Å²) in [6.07, 6.45) is -4.96. The second-order valence-electron chi connectivity index (χ2n) is 9.28. The van der Waals surface area contributed by atoms with Gasteiger partial charge in [0.2, 0.25) is 12.2 Å². The number of sulfone groups is 1. The largest absolute Gasteiger partial charge is 0.493 e. The van der Waals surface area contributed by atoms with Crippen LogP contribution in [-0.2, 0) is 19.4 Å². The number of carbonyl (C=O) groups is 3. The van der Waals surface area contributed by atoms with Crippen molar-refractivity contribution in [2.24, 2.45) is 0 Å². The minimum Gasteiger partial charge on any atom is -0.493 e. The molecule has 2 aromatic rings. The van der Waals surface area contributed by atoms with Crippen LogP contribution in [0.15, 0.2) is 36.4 Å². The summed E-state index contributed by atoms with van der Waals surface area (Å²) in [6.45, 7) is 0.920. The number of imide groups is 1. The summed E-state index contributed by atoms with van der Waals surface area (Å²) < 4.78 is 41.2. The molecule has 210 valence electrons. The molecule has 0 bridgehead atoms. The van der Waals surface area contributed by atoms with E-state index in [9.17, 15) is 38.1 Å². The third-order valence-electron chi connectivity index (χ3n) is 6.30. The Balaban J connectivity index is 1.75. The molecule has 0 saturated carbocycles. The molecule has 0 aliphatic carbocycles. The number of hydrogen-bond acceptors (Lipinski definition) is 11. The number of aliphatic hydroxyl groups is 3. The van der Waals surface area contributed by atoms with Crippen molar-refractivity contribution in [1.82, 2.24) is 4.90 Å². The molecule has 3 amide bonds. The molecule has 0 radical (unpaired) electrons. The van der Waals surface area contributed by atoms with Gasteiger partial charge in [-0.2, -0.15) is 0 Å². The maximum absolute atomic E-state index is 13.5. The van der Waals surface area contributed by atoms with E-state index in [1.165, 1.54) is 50.4 Å². The molecule has 39 heavy (non-hydrogen) atoms. The Kier molecular flexibility index (Phi) is 7.95. The Bertz CT molecular complexity index is 1410. The maximum atomic E-state index is 13.5. The highest BCUT2D eigenvalue weighted by Gasteiger charge is 2.44. The number of fused-ring (bicyclic) bond motifs is 1. The average Bonchev–Trinajstić information content (AvgIpc) is 3.12. The number of amides is 3. The van der Waals surface area contributed by atoms with Crippen molar-refractivity contribution in [3.8, 4) is 11.5 Å². The van der Waals surface area contributed by atoms with Crippen LogP contribution in [0.3, 0.4) is 0 Å². The summed E-state index contributed by atoms with van der Waals surface area (Å²) in [7, 11) is -2.43. The topological polar surface area (TPSA) is 189 Å². The Morgan fingerprint density at radius 2 is 1.85 bits per heavy atom. The highest BCUT2D eigenvalue weighted by Crippen LogP contribution is 2.39. The van der Waals surface area contributed by atoms with E-state index in [1.54, 1.807) is 0 Å². The molecular weight excluding hydrogens is 536 g/mol. The molecule has 0 aromatic heterocycles. The molecule has 5 atom stereocenters. The summed E-state index contributed by atoms with van der Waals surface area (Å²) in [6, 6.07) is 7.25. The molecule has 4 N–H and O–H groups in total. The van der Waals surface area contributed by atoms with Gasteiger partial charge in [0.25, 0.3) is 11.8 Å². The molecule has 2 aromatic carbocycles. The first-order valence-corrected chi connectivity index (χ1v) is 13.8. The van der Waals surface area contributed by atoms with Gasteiger partial charge in [0.15, 0.2) is 11.5 Å². The van der Waals surface area contributed by atoms with E-state index in [1.807, 2.05) is 0 Å². The van der Waals surface area contributed by atoms with E-state index in [0.29, 0.717) is 0 Å². The number of ether oxygens (including phenoxy) is 3. The predicted molar refractivity (Wildman–Crippen MR) is 135 cm³/mol. The predicted octanol–water partition coefficient (Wildman–Crippen LogP) is -0.147. The second-order valence-corrected chi connectivity index (χ2v) is 11.5. The monoisotopic (exact) mass is 564 g/mol. The van der Waals surface area contributed by atoms with Crippen molar-refractivity contribution in [3.63, 3.8) is 0 Å². The zero-order valence-corrected chi connectivity index (χ0v) is 22.0. The zero-order valence-electron chi connectivity index (χ0n) is 21.2. The number of nitrogens with one attached hydrogen (secondary N) is 1. The molecule has 1 unspecified atom stereocenters. The lowest BCUT2D eigenvalue weighted by Crippen LogP contribution is -2.54. The van der Waals surface area contributed by atoms with Crippen molar-refractivity contribution < 1.29 is 52.3 Å². The van der Waals surface area contributed by atoms with Crippen LogP contribution in [0.1, 0.15) is 39.2 Å². The van der Waals surface area contributed by atoms with Crippen LogP contribution in [0, 0.1) is 0 Å². The number of methoxy groups -OCH3 is 1. The van der Waals surface area contributed by atoms with Gasteiger partial charge in [-0.05, 0) is 29.8 Å². The van der Waals surface area contributed by atoms with E-state index in [4.69, 9.17) is 14.2 Å². The van der Waals surface area contributed by atoms with Crippen LogP contribution >= 0.6 is 0 Å². The summed E-state index contributed by atoms with van der Waals surface area (Å²) in [5.41, 5.74) is 0.230. The number of hydrogen-bond donors (Lipinski definition) is 4. The van der Waals surface area contributed by atoms with Crippen molar-refractivity contribution in [2.75, 3.05) is 31.0 Å². The fourth-order valence-electron chi connectivity index (χ4n) is 4.49. The van der Waals surface area contributed by atoms with Crippen LogP contribution in [0.5, 0.6) is 11.5 Å². The van der Waals surface area contributed by atoms with Gasteiger partial charge in [-0.1, -0.05) is 12.1 Å². The van der Waals surface area contributed by atoms with E-state index in [-0.39, 0.29) is 40.5 Å². The molecule has 13 nitrogen and oxygen atoms in total. The zero-order chi connectivity index (χ0) is 28.6. The lowest BCUT2D eigenvalue weighted by molar-refractivity contribution is -0.242. The Morgan fingerprint density at radius 1 is 1.13 bits per heavy atom. The van der Waals surface area contributed by atoms with E-state index >= 15 is 0 Å². The van der Waals surface area contributed by atoms with Gasteiger partial charge < -0.3 is 34.8 Å². The molecule has 1 saturated heterocycles. The van der Waals surface area contributed by atoms with E-state index < -0.39 is 64.0 Å². The first-order chi connectivity index (χ1) is 18.3. The molecule has 0 spiro atoms. The van der Waals surface area contributed by atoms with Crippen LogP contribution in [0.4, 0.5) is 5.69 Å². The van der Waals surface area contributed by atoms with Gasteiger partial charge in [0.1, 0.15) is 28.1 Å². The van der Waals surface area contributed by atoms with Crippen molar-refractivity contribution in [3.05, 3.63) is 53.1 Å². The van der Waals surface area contributed by atoms with E-state index in [2.05, 4.69) is 5.32 Å². The van der Waals surface area contributed by atoms with Crippen LogP contribution in [-0.4, -0.2) is 96.7 Å². The SMILES string of the molecule is COc1ccc([C@@H](CS(C)(=O)=O)N2C(=O)c3cccc(NC(C)=O)c3C2=O)cc1OC1OC[C@@H](O)[C@H](O)[C@H]1O.